The molecule has 1 N–H and O–H groups in total. The van der Waals surface area contributed by atoms with Crippen molar-refractivity contribution in [3.63, 3.8) is 0 Å². The Kier molecular flexibility index (Phi) is 4.09. The zero-order valence-corrected chi connectivity index (χ0v) is 12.6. The number of rotatable bonds is 4. The van der Waals surface area contributed by atoms with Crippen molar-refractivity contribution in [3.8, 4) is 0 Å². The molecule has 20 heavy (non-hydrogen) atoms. The SMILES string of the molecule is Brc1ccccc1CNCc1cccc2cccnc12. The number of fused-ring (bicyclic) bond motifs is 1. The Morgan fingerprint density at radius 2 is 1.60 bits per heavy atom. The van der Waals surface area contributed by atoms with Gasteiger partial charge in [0.2, 0.25) is 0 Å². The summed E-state index contributed by atoms with van der Waals surface area (Å²) in [7, 11) is 0. The van der Waals surface area contributed by atoms with Gasteiger partial charge in [-0.3, -0.25) is 4.98 Å². The van der Waals surface area contributed by atoms with Crippen LogP contribution in [0.15, 0.2) is 65.3 Å². The van der Waals surface area contributed by atoms with E-state index in [1.165, 1.54) is 16.5 Å². The summed E-state index contributed by atoms with van der Waals surface area (Å²) in [5, 5.41) is 4.67. The van der Waals surface area contributed by atoms with Crippen molar-refractivity contribution in [1.82, 2.24) is 10.3 Å². The number of aromatic nitrogens is 1. The number of nitrogens with one attached hydrogen (secondary N) is 1. The highest BCUT2D eigenvalue weighted by Crippen LogP contribution is 2.17. The second-order valence-corrected chi connectivity index (χ2v) is 5.54. The number of hydrogen-bond donors (Lipinski definition) is 1. The van der Waals surface area contributed by atoms with Crippen molar-refractivity contribution in [2.45, 2.75) is 13.1 Å². The molecule has 0 saturated carbocycles. The molecule has 0 unspecified atom stereocenters. The van der Waals surface area contributed by atoms with Gasteiger partial charge in [0.1, 0.15) is 0 Å². The molecule has 2 aromatic carbocycles. The predicted octanol–water partition coefficient (Wildman–Crippen LogP) is 4.29. The van der Waals surface area contributed by atoms with Crippen LogP contribution in [0.1, 0.15) is 11.1 Å². The topological polar surface area (TPSA) is 24.9 Å². The van der Waals surface area contributed by atoms with Gasteiger partial charge in [-0.2, -0.15) is 0 Å². The minimum absolute atomic E-state index is 0.815. The Morgan fingerprint density at radius 1 is 0.850 bits per heavy atom. The molecule has 0 aliphatic rings. The lowest BCUT2D eigenvalue weighted by molar-refractivity contribution is 0.694. The van der Waals surface area contributed by atoms with E-state index in [-0.39, 0.29) is 0 Å². The fourth-order valence-electron chi connectivity index (χ4n) is 2.28. The van der Waals surface area contributed by atoms with Crippen LogP contribution in [-0.2, 0) is 13.1 Å². The maximum atomic E-state index is 4.48. The summed E-state index contributed by atoms with van der Waals surface area (Å²) in [4.78, 5) is 4.48. The standard InChI is InChI=1S/C17H15BrN2/c18-16-9-2-1-5-14(16)11-19-12-15-7-3-6-13-8-4-10-20-17(13)15/h1-10,19H,11-12H2. The molecular formula is C17H15BrN2. The van der Waals surface area contributed by atoms with Crippen LogP contribution in [0.25, 0.3) is 10.9 Å². The summed E-state index contributed by atoms with van der Waals surface area (Å²) in [5.41, 5.74) is 3.57. The second kappa shape index (κ2) is 6.16. The molecule has 0 bridgehead atoms. The van der Waals surface area contributed by atoms with Crippen molar-refractivity contribution in [3.05, 3.63) is 76.4 Å². The van der Waals surface area contributed by atoms with Gasteiger partial charge in [0.05, 0.1) is 5.52 Å². The molecule has 0 fully saturated rings. The van der Waals surface area contributed by atoms with E-state index in [1.807, 2.05) is 18.3 Å². The van der Waals surface area contributed by atoms with Crippen molar-refractivity contribution in [2.75, 3.05) is 0 Å². The molecule has 1 aromatic heterocycles. The molecule has 3 aromatic rings. The number of halogens is 1. The van der Waals surface area contributed by atoms with E-state index in [2.05, 4.69) is 68.7 Å². The lowest BCUT2D eigenvalue weighted by atomic mass is 10.1. The van der Waals surface area contributed by atoms with Crippen LogP contribution in [0.5, 0.6) is 0 Å². The summed E-state index contributed by atoms with van der Waals surface area (Å²) in [6, 6.07) is 18.7. The molecule has 2 nitrogen and oxygen atoms in total. The number of pyridine rings is 1. The van der Waals surface area contributed by atoms with Crippen LogP contribution in [-0.4, -0.2) is 4.98 Å². The second-order valence-electron chi connectivity index (χ2n) is 4.69. The first-order valence-corrected chi connectivity index (χ1v) is 7.40. The van der Waals surface area contributed by atoms with Crippen LogP contribution < -0.4 is 5.32 Å². The highest BCUT2D eigenvalue weighted by Gasteiger charge is 2.02. The molecular weight excluding hydrogens is 312 g/mol. The van der Waals surface area contributed by atoms with Crippen LogP contribution >= 0.6 is 15.9 Å². The van der Waals surface area contributed by atoms with Crippen molar-refractivity contribution in [1.29, 1.82) is 0 Å². The van der Waals surface area contributed by atoms with E-state index >= 15 is 0 Å². The Labute approximate surface area is 127 Å². The Balaban J connectivity index is 1.73. The third kappa shape index (κ3) is 2.89. The molecule has 100 valence electrons. The Bertz CT molecular complexity index is 720. The fraction of sp³-hybridized carbons (Fsp3) is 0.118. The molecule has 3 heteroatoms. The highest BCUT2D eigenvalue weighted by molar-refractivity contribution is 9.10. The van der Waals surface area contributed by atoms with Gasteiger partial charge in [0.15, 0.2) is 0 Å². The molecule has 0 atom stereocenters. The summed E-state index contributed by atoms with van der Waals surface area (Å²) in [5.74, 6) is 0. The maximum Gasteiger partial charge on any atom is 0.0746 e. The van der Waals surface area contributed by atoms with E-state index in [9.17, 15) is 0 Å². The lowest BCUT2D eigenvalue weighted by Crippen LogP contribution is -2.13. The van der Waals surface area contributed by atoms with E-state index in [4.69, 9.17) is 0 Å². The van der Waals surface area contributed by atoms with Gasteiger partial charge in [-0.25, -0.2) is 0 Å². The van der Waals surface area contributed by atoms with E-state index in [0.717, 1.165) is 23.1 Å². The minimum atomic E-state index is 0.815. The monoisotopic (exact) mass is 326 g/mol. The summed E-state index contributed by atoms with van der Waals surface area (Å²) in [6.07, 6.45) is 1.85. The number of hydrogen-bond acceptors (Lipinski definition) is 2. The first-order chi connectivity index (χ1) is 9.84. The van der Waals surface area contributed by atoms with Crippen molar-refractivity contribution in [2.24, 2.45) is 0 Å². The van der Waals surface area contributed by atoms with Gasteiger partial charge < -0.3 is 5.32 Å². The van der Waals surface area contributed by atoms with Crippen molar-refractivity contribution < 1.29 is 0 Å². The van der Waals surface area contributed by atoms with Gasteiger partial charge in [0.25, 0.3) is 0 Å². The average Bonchev–Trinajstić information content (AvgIpc) is 2.49. The summed E-state index contributed by atoms with van der Waals surface area (Å²) < 4.78 is 1.14. The summed E-state index contributed by atoms with van der Waals surface area (Å²) >= 11 is 3.57. The van der Waals surface area contributed by atoms with E-state index < -0.39 is 0 Å². The average molecular weight is 327 g/mol. The first kappa shape index (κ1) is 13.3. The minimum Gasteiger partial charge on any atom is -0.308 e. The Morgan fingerprint density at radius 3 is 2.50 bits per heavy atom. The molecule has 1 heterocycles. The van der Waals surface area contributed by atoms with E-state index in [0.29, 0.717) is 0 Å². The van der Waals surface area contributed by atoms with Crippen LogP contribution in [0, 0.1) is 0 Å². The molecule has 0 radical (unpaired) electrons. The lowest BCUT2D eigenvalue weighted by Gasteiger charge is -2.08. The largest absolute Gasteiger partial charge is 0.308 e. The number of nitrogens with zero attached hydrogens (tertiary/aromatic N) is 1. The molecule has 3 rings (SSSR count). The van der Waals surface area contributed by atoms with Crippen LogP contribution in [0.4, 0.5) is 0 Å². The zero-order valence-electron chi connectivity index (χ0n) is 11.0. The van der Waals surface area contributed by atoms with Gasteiger partial charge >= 0.3 is 0 Å². The number of benzene rings is 2. The highest BCUT2D eigenvalue weighted by atomic mass is 79.9. The van der Waals surface area contributed by atoms with Gasteiger partial charge in [-0.1, -0.05) is 58.4 Å². The molecule has 0 aliphatic carbocycles. The molecule has 0 saturated heterocycles. The maximum absolute atomic E-state index is 4.48. The quantitative estimate of drug-likeness (QED) is 0.773. The summed E-state index contributed by atoms with van der Waals surface area (Å²) in [6.45, 7) is 1.65. The normalized spacial score (nSPS) is 10.8. The molecule has 0 spiro atoms. The van der Waals surface area contributed by atoms with Gasteiger partial charge in [-0.15, -0.1) is 0 Å². The fourth-order valence-corrected chi connectivity index (χ4v) is 2.71. The van der Waals surface area contributed by atoms with E-state index in [1.54, 1.807) is 0 Å². The van der Waals surface area contributed by atoms with Crippen LogP contribution in [0.3, 0.4) is 0 Å². The smallest absolute Gasteiger partial charge is 0.0746 e. The van der Waals surface area contributed by atoms with Gasteiger partial charge in [0, 0.05) is 29.1 Å². The third-order valence-corrected chi connectivity index (χ3v) is 4.08. The first-order valence-electron chi connectivity index (χ1n) is 6.61. The van der Waals surface area contributed by atoms with Crippen LogP contribution in [0.2, 0.25) is 0 Å². The molecule has 0 aliphatic heterocycles. The third-order valence-electron chi connectivity index (χ3n) is 3.31. The number of para-hydroxylation sites is 1. The zero-order chi connectivity index (χ0) is 13.8. The predicted molar refractivity (Wildman–Crippen MR) is 86.4 cm³/mol. The van der Waals surface area contributed by atoms with Crippen molar-refractivity contribution >= 4 is 26.8 Å². The molecule has 0 amide bonds. The van der Waals surface area contributed by atoms with Gasteiger partial charge in [-0.05, 0) is 23.3 Å². The Hall–Kier alpha value is -1.71.